The second-order valence-electron chi connectivity index (χ2n) is 4.65. The van der Waals surface area contributed by atoms with Gasteiger partial charge in [-0.1, -0.05) is 20.3 Å². The molecule has 1 N–H and O–H groups in total. The van der Waals surface area contributed by atoms with Gasteiger partial charge < -0.3 is 10.2 Å². The van der Waals surface area contributed by atoms with E-state index in [2.05, 4.69) is 24.1 Å². The summed E-state index contributed by atoms with van der Waals surface area (Å²) in [4.78, 5) is 13.7. The molecule has 0 saturated carbocycles. The second kappa shape index (κ2) is 5.50. The van der Waals surface area contributed by atoms with E-state index in [1.54, 1.807) is 6.92 Å². The van der Waals surface area contributed by atoms with Crippen LogP contribution in [0.5, 0.6) is 0 Å². The summed E-state index contributed by atoms with van der Waals surface area (Å²) in [5.74, 6) is 0.119. The minimum atomic E-state index is 0.0895. The van der Waals surface area contributed by atoms with Crippen molar-refractivity contribution in [1.29, 1.82) is 0 Å². The van der Waals surface area contributed by atoms with Gasteiger partial charge in [0.05, 0.1) is 0 Å². The van der Waals surface area contributed by atoms with Crippen molar-refractivity contribution in [2.75, 3.05) is 19.6 Å². The number of carbonyl (C=O) groups excluding carboxylic acids is 1. The van der Waals surface area contributed by atoms with E-state index < -0.39 is 0 Å². The number of hydrogen-bond acceptors (Lipinski definition) is 2. The van der Waals surface area contributed by atoms with E-state index in [-0.39, 0.29) is 11.4 Å². The first-order valence-corrected chi connectivity index (χ1v) is 6.13. The fourth-order valence-electron chi connectivity index (χ4n) is 2.59. The molecule has 15 heavy (non-hydrogen) atoms. The largest absolute Gasteiger partial charge is 0.351 e. The topological polar surface area (TPSA) is 32.3 Å². The Morgan fingerprint density at radius 3 is 2.33 bits per heavy atom. The molecular weight excluding hydrogens is 188 g/mol. The highest BCUT2D eigenvalue weighted by molar-refractivity contribution is 5.73. The maximum atomic E-state index is 11.2. The monoisotopic (exact) mass is 212 g/mol. The molecule has 1 rings (SSSR count). The fourth-order valence-corrected chi connectivity index (χ4v) is 2.59. The first-order chi connectivity index (χ1) is 7.12. The Bertz CT molecular complexity index is 208. The van der Waals surface area contributed by atoms with Gasteiger partial charge in [-0.25, -0.2) is 0 Å². The maximum absolute atomic E-state index is 11.2. The SMILES string of the molecule is CCCC1(NC(C)=O)CCN(CC)CC1. The molecule has 3 nitrogen and oxygen atoms in total. The van der Waals surface area contributed by atoms with Crippen LogP contribution in [0.2, 0.25) is 0 Å². The second-order valence-corrected chi connectivity index (χ2v) is 4.65. The highest BCUT2D eigenvalue weighted by atomic mass is 16.1. The van der Waals surface area contributed by atoms with Crippen LogP contribution in [0.15, 0.2) is 0 Å². The van der Waals surface area contributed by atoms with Crippen LogP contribution in [-0.4, -0.2) is 36.0 Å². The zero-order chi connectivity index (χ0) is 11.3. The Kier molecular flexibility index (Phi) is 4.58. The van der Waals surface area contributed by atoms with Crippen LogP contribution >= 0.6 is 0 Å². The van der Waals surface area contributed by atoms with Crippen molar-refractivity contribution in [2.45, 2.75) is 52.0 Å². The summed E-state index contributed by atoms with van der Waals surface area (Å²) < 4.78 is 0. The number of piperidine rings is 1. The molecule has 1 heterocycles. The van der Waals surface area contributed by atoms with E-state index in [0.29, 0.717) is 0 Å². The van der Waals surface area contributed by atoms with Gasteiger partial charge in [-0.2, -0.15) is 0 Å². The lowest BCUT2D eigenvalue weighted by atomic mass is 9.83. The standard InChI is InChI=1S/C12H24N2O/c1-4-6-12(13-11(3)15)7-9-14(5-2)10-8-12/h4-10H2,1-3H3,(H,13,15). The summed E-state index contributed by atoms with van der Waals surface area (Å²) in [6.07, 6.45) is 4.47. The highest BCUT2D eigenvalue weighted by Gasteiger charge is 2.33. The summed E-state index contributed by atoms with van der Waals surface area (Å²) in [7, 11) is 0. The lowest BCUT2D eigenvalue weighted by molar-refractivity contribution is -0.121. The van der Waals surface area contributed by atoms with Crippen molar-refractivity contribution in [3.05, 3.63) is 0 Å². The van der Waals surface area contributed by atoms with Crippen LogP contribution in [0.1, 0.15) is 46.5 Å². The number of amides is 1. The van der Waals surface area contributed by atoms with Crippen molar-refractivity contribution < 1.29 is 4.79 Å². The fraction of sp³-hybridized carbons (Fsp3) is 0.917. The van der Waals surface area contributed by atoms with E-state index in [9.17, 15) is 4.79 Å². The molecule has 1 fully saturated rings. The molecule has 88 valence electrons. The predicted molar refractivity (Wildman–Crippen MR) is 62.8 cm³/mol. The van der Waals surface area contributed by atoms with Crippen LogP contribution in [0.3, 0.4) is 0 Å². The van der Waals surface area contributed by atoms with Gasteiger partial charge in [0, 0.05) is 25.6 Å². The minimum Gasteiger partial charge on any atom is -0.351 e. The molecular formula is C12H24N2O. The smallest absolute Gasteiger partial charge is 0.217 e. The van der Waals surface area contributed by atoms with Gasteiger partial charge in [0.15, 0.2) is 0 Å². The van der Waals surface area contributed by atoms with Crippen LogP contribution < -0.4 is 5.32 Å². The van der Waals surface area contributed by atoms with Crippen molar-refractivity contribution in [3.8, 4) is 0 Å². The minimum absolute atomic E-state index is 0.0895. The van der Waals surface area contributed by atoms with E-state index in [0.717, 1.165) is 45.3 Å². The van der Waals surface area contributed by atoms with Crippen LogP contribution in [-0.2, 0) is 4.79 Å². The zero-order valence-electron chi connectivity index (χ0n) is 10.3. The maximum Gasteiger partial charge on any atom is 0.217 e. The number of rotatable bonds is 4. The summed E-state index contributed by atoms with van der Waals surface area (Å²) in [6, 6.07) is 0. The van der Waals surface area contributed by atoms with Gasteiger partial charge in [-0.3, -0.25) is 4.79 Å². The van der Waals surface area contributed by atoms with Gasteiger partial charge in [0.2, 0.25) is 5.91 Å². The quantitative estimate of drug-likeness (QED) is 0.770. The molecule has 0 atom stereocenters. The average molecular weight is 212 g/mol. The molecule has 0 radical (unpaired) electrons. The van der Waals surface area contributed by atoms with Crippen molar-refractivity contribution in [2.24, 2.45) is 0 Å². The van der Waals surface area contributed by atoms with E-state index >= 15 is 0 Å². The highest BCUT2D eigenvalue weighted by Crippen LogP contribution is 2.26. The lowest BCUT2D eigenvalue weighted by Gasteiger charge is -2.42. The molecule has 1 aliphatic rings. The Balaban J connectivity index is 2.55. The molecule has 0 unspecified atom stereocenters. The third-order valence-electron chi connectivity index (χ3n) is 3.43. The first-order valence-electron chi connectivity index (χ1n) is 6.13. The Labute approximate surface area is 93.2 Å². The Hall–Kier alpha value is -0.570. The molecule has 0 bridgehead atoms. The Morgan fingerprint density at radius 1 is 1.33 bits per heavy atom. The number of hydrogen-bond donors (Lipinski definition) is 1. The number of nitrogens with zero attached hydrogens (tertiary/aromatic N) is 1. The lowest BCUT2D eigenvalue weighted by Crippen LogP contribution is -2.54. The molecule has 1 saturated heterocycles. The predicted octanol–water partition coefficient (Wildman–Crippen LogP) is 1.78. The Morgan fingerprint density at radius 2 is 1.93 bits per heavy atom. The molecule has 1 amide bonds. The molecule has 0 aliphatic carbocycles. The van der Waals surface area contributed by atoms with Gasteiger partial charge >= 0.3 is 0 Å². The summed E-state index contributed by atoms with van der Waals surface area (Å²) in [6.45, 7) is 9.39. The van der Waals surface area contributed by atoms with E-state index in [1.807, 2.05) is 0 Å². The third-order valence-corrected chi connectivity index (χ3v) is 3.43. The van der Waals surface area contributed by atoms with Crippen LogP contribution in [0.4, 0.5) is 0 Å². The molecule has 0 spiro atoms. The van der Waals surface area contributed by atoms with Crippen molar-refractivity contribution in [1.82, 2.24) is 10.2 Å². The van der Waals surface area contributed by atoms with Gasteiger partial charge in [0.25, 0.3) is 0 Å². The van der Waals surface area contributed by atoms with Gasteiger partial charge in [-0.15, -0.1) is 0 Å². The summed E-state index contributed by atoms with van der Waals surface area (Å²) in [5, 5.41) is 3.18. The number of nitrogens with one attached hydrogen (secondary N) is 1. The molecule has 1 aliphatic heterocycles. The van der Waals surface area contributed by atoms with Crippen LogP contribution in [0.25, 0.3) is 0 Å². The first kappa shape index (κ1) is 12.5. The number of likely N-dealkylation sites (tertiary alicyclic amines) is 1. The molecule has 0 aromatic carbocycles. The molecule has 0 aromatic rings. The van der Waals surface area contributed by atoms with Crippen molar-refractivity contribution in [3.63, 3.8) is 0 Å². The molecule has 0 aromatic heterocycles. The number of carbonyl (C=O) groups is 1. The summed E-state index contributed by atoms with van der Waals surface area (Å²) >= 11 is 0. The van der Waals surface area contributed by atoms with Crippen LogP contribution in [0, 0.1) is 0 Å². The van der Waals surface area contributed by atoms with Gasteiger partial charge in [-0.05, 0) is 25.8 Å². The van der Waals surface area contributed by atoms with E-state index in [4.69, 9.17) is 0 Å². The third kappa shape index (κ3) is 3.49. The molecule has 3 heteroatoms. The normalized spacial score (nSPS) is 21.3. The average Bonchev–Trinajstić information content (AvgIpc) is 2.18. The van der Waals surface area contributed by atoms with Crippen molar-refractivity contribution >= 4 is 5.91 Å². The zero-order valence-corrected chi connectivity index (χ0v) is 10.3. The van der Waals surface area contributed by atoms with E-state index in [1.165, 1.54) is 0 Å². The summed E-state index contributed by atoms with van der Waals surface area (Å²) in [5.41, 5.74) is 0.0895. The van der Waals surface area contributed by atoms with Gasteiger partial charge in [0.1, 0.15) is 0 Å².